The van der Waals surface area contributed by atoms with Crippen LogP contribution in [0.4, 0.5) is 5.95 Å². The molecule has 6 nitrogen and oxygen atoms in total. The molecule has 0 aliphatic heterocycles. The highest BCUT2D eigenvalue weighted by Crippen LogP contribution is 2.59. The van der Waals surface area contributed by atoms with Gasteiger partial charge in [-0.05, 0) is 61.7 Å². The molecule has 4 bridgehead atoms. The topological polar surface area (TPSA) is 85.8 Å². The number of hydrogen-bond donors (Lipinski definition) is 2. The van der Waals surface area contributed by atoms with Crippen LogP contribution in [0.25, 0.3) is 0 Å². The Labute approximate surface area is 124 Å². The van der Waals surface area contributed by atoms with Gasteiger partial charge >= 0.3 is 0 Å². The van der Waals surface area contributed by atoms with Gasteiger partial charge in [-0.3, -0.25) is 4.79 Å². The molecule has 3 N–H and O–H groups in total. The van der Waals surface area contributed by atoms with Crippen LogP contribution in [0.15, 0.2) is 6.33 Å². The first-order valence-electron chi connectivity index (χ1n) is 8.02. The van der Waals surface area contributed by atoms with Crippen molar-refractivity contribution in [1.82, 2.24) is 20.1 Å². The van der Waals surface area contributed by atoms with E-state index in [-0.39, 0.29) is 18.4 Å². The molecule has 4 saturated carbocycles. The number of nitrogens with zero attached hydrogens (tertiary/aromatic N) is 3. The summed E-state index contributed by atoms with van der Waals surface area (Å²) in [5.74, 6) is 2.98. The minimum atomic E-state index is 0.00986. The van der Waals surface area contributed by atoms with E-state index in [2.05, 4.69) is 15.4 Å². The van der Waals surface area contributed by atoms with Gasteiger partial charge < -0.3 is 11.1 Å². The maximum Gasteiger partial charge on any atom is 0.241 e. The molecule has 0 aromatic carbocycles. The van der Waals surface area contributed by atoms with Crippen LogP contribution in [-0.4, -0.2) is 27.2 Å². The second-order valence-corrected chi connectivity index (χ2v) is 7.49. The lowest BCUT2D eigenvalue weighted by Crippen LogP contribution is -2.51. The Kier molecular flexibility index (Phi) is 2.94. The average molecular weight is 289 g/mol. The van der Waals surface area contributed by atoms with Crippen LogP contribution >= 0.6 is 0 Å². The van der Waals surface area contributed by atoms with Crippen LogP contribution in [0.2, 0.25) is 0 Å². The van der Waals surface area contributed by atoms with E-state index in [1.807, 2.05) is 0 Å². The second kappa shape index (κ2) is 4.71. The quantitative estimate of drug-likeness (QED) is 0.872. The van der Waals surface area contributed by atoms with Crippen LogP contribution in [0, 0.1) is 23.2 Å². The Morgan fingerprint density at radius 2 is 1.90 bits per heavy atom. The second-order valence-electron chi connectivity index (χ2n) is 7.49. The molecule has 21 heavy (non-hydrogen) atoms. The zero-order valence-corrected chi connectivity index (χ0v) is 12.3. The molecule has 0 spiro atoms. The van der Waals surface area contributed by atoms with Crippen molar-refractivity contribution >= 4 is 11.9 Å². The van der Waals surface area contributed by atoms with Gasteiger partial charge in [0.2, 0.25) is 11.9 Å². The minimum absolute atomic E-state index is 0.00986. The van der Waals surface area contributed by atoms with Crippen LogP contribution < -0.4 is 11.1 Å². The van der Waals surface area contributed by atoms with Gasteiger partial charge in [0.15, 0.2) is 0 Å². The molecule has 1 heterocycles. The number of amides is 1. The summed E-state index contributed by atoms with van der Waals surface area (Å²) in [7, 11) is 0. The molecule has 0 atom stereocenters. The van der Waals surface area contributed by atoms with Crippen molar-refractivity contribution in [3.8, 4) is 0 Å². The number of nitrogens with one attached hydrogen (secondary N) is 1. The summed E-state index contributed by atoms with van der Waals surface area (Å²) in [6.45, 7) is 1.04. The fourth-order valence-corrected chi connectivity index (χ4v) is 5.38. The van der Waals surface area contributed by atoms with E-state index < -0.39 is 0 Å². The summed E-state index contributed by atoms with van der Waals surface area (Å²) in [6.07, 6.45) is 9.75. The lowest BCUT2D eigenvalue weighted by molar-refractivity contribution is -0.124. The zero-order chi connectivity index (χ0) is 14.4. The lowest BCUT2D eigenvalue weighted by atomic mass is 9.49. The molecule has 1 aromatic rings. The van der Waals surface area contributed by atoms with Gasteiger partial charge in [0.1, 0.15) is 12.9 Å². The number of hydrogen-bond acceptors (Lipinski definition) is 4. The highest BCUT2D eigenvalue weighted by molar-refractivity contribution is 5.75. The maximum atomic E-state index is 12.1. The Morgan fingerprint density at radius 1 is 1.29 bits per heavy atom. The number of anilines is 1. The first-order valence-corrected chi connectivity index (χ1v) is 8.02. The van der Waals surface area contributed by atoms with Crippen LogP contribution in [0.3, 0.4) is 0 Å². The third-order valence-corrected chi connectivity index (χ3v) is 5.69. The summed E-state index contributed by atoms with van der Waals surface area (Å²) in [5, 5.41) is 7.08. The van der Waals surface area contributed by atoms with Crippen molar-refractivity contribution in [3.63, 3.8) is 0 Å². The Balaban J connectivity index is 1.35. The van der Waals surface area contributed by atoms with Crippen LogP contribution in [-0.2, 0) is 11.3 Å². The third kappa shape index (κ3) is 2.51. The Hall–Kier alpha value is -1.59. The number of nitrogen functional groups attached to an aromatic ring is 1. The zero-order valence-electron chi connectivity index (χ0n) is 12.3. The maximum absolute atomic E-state index is 12.1. The third-order valence-electron chi connectivity index (χ3n) is 5.69. The molecule has 6 heteroatoms. The molecular weight excluding hydrogens is 266 g/mol. The van der Waals surface area contributed by atoms with Crippen molar-refractivity contribution in [2.24, 2.45) is 23.2 Å². The molecule has 0 radical (unpaired) electrons. The molecule has 1 amide bonds. The summed E-state index contributed by atoms with van der Waals surface area (Å²) in [4.78, 5) is 15.9. The highest BCUT2D eigenvalue weighted by atomic mass is 16.2. The number of carbonyl (C=O) groups is 1. The minimum Gasteiger partial charge on any atom is -0.367 e. The van der Waals surface area contributed by atoms with Gasteiger partial charge in [0.05, 0.1) is 0 Å². The fraction of sp³-hybridized carbons (Fsp3) is 0.800. The molecular formula is C15H23N5O. The van der Waals surface area contributed by atoms with E-state index >= 15 is 0 Å². The predicted octanol–water partition coefficient (Wildman–Crippen LogP) is 1.19. The first-order chi connectivity index (χ1) is 10.1. The van der Waals surface area contributed by atoms with Gasteiger partial charge in [0.25, 0.3) is 0 Å². The Morgan fingerprint density at radius 3 is 2.43 bits per heavy atom. The number of aromatic nitrogens is 3. The van der Waals surface area contributed by atoms with Crippen molar-refractivity contribution < 1.29 is 4.79 Å². The molecule has 0 unspecified atom stereocenters. The average Bonchev–Trinajstić information content (AvgIpc) is 2.80. The van der Waals surface area contributed by atoms with Gasteiger partial charge in [-0.2, -0.15) is 0 Å². The van der Waals surface area contributed by atoms with Crippen LogP contribution in [0.1, 0.15) is 38.5 Å². The summed E-state index contributed by atoms with van der Waals surface area (Å²) >= 11 is 0. The van der Waals surface area contributed by atoms with Gasteiger partial charge in [0, 0.05) is 6.54 Å². The lowest BCUT2D eigenvalue weighted by Gasteiger charge is -2.56. The van der Waals surface area contributed by atoms with E-state index in [9.17, 15) is 4.79 Å². The van der Waals surface area contributed by atoms with Gasteiger partial charge in [-0.25, -0.2) is 9.67 Å². The highest BCUT2D eigenvalue weighted by Gasteiger charge is 2.50. The van der Waals surface area contributed by atoms with Crippen molar-refractivity contribution in [3.05, 3.63) is 6.33 Å². The van der Waals surface area contributed by atoms with Gasteiger partial charge in [-0.15, -0.1) is 5.10 Å². The number of rotatable bonds is 4. The molecule has 0 saturated heterocycles. The SMILES string of the molecule is Nc1ncn(CC(=O)NCC23CC4CC(CC(C4)C2)C3)n1. The standard InChI is InChI=1S/C15H23N5O/c16-14-18-9-20(19-14)7-13(21)17-8-15-4-10-1-11(5-15)3-12(2-10)6-15/h9-12H,1-8H2,(H2,16,19)(H,17,21). The number of nitrogens with two attached hydrogens (primary N) is 1. The summed E-state index contributed by atoms with van der Waals surface area (Å²) in [5.41, 5.74) is 5.84. The first kappa shape index (κ1) is 13.1. The van der Waals surface area contributed by atoms with Crippen molar-refractivity contribution in [1.29, 1.82) is 0 Å². The Bertz CT molecular complexity index is 517. The largest absolute Gasteiger partial charge is 0.367 e. The normalized spacial score (nSPS) is 36.9. The van der Waals surface area contributed by atoms with E-state index in [4.69, 9.17) is 5.73 Å². The smallest absolute Gasteiger partial charge is 0.241 e. The molecule has 4 fully saturated rings. The molecule has 1 aromatic heterocycles. The molecule has 114 valence electrons. The molecule has 5 rings (SSSR count). The number of carbonyl (C=O) groups excluding carboxylic acids is 1. The summed E-state index contributed by atoms with van der Waals surface area (Å²) < 4.78 is 1.49. The van der Waals surface area contributed by atoms with Crippen molar-refractivity contribution in [2.75, 3.05) is 12.3 Å². The van der Waals surface area contributed by atoms with Crippen LogP contribution in [0.5, 0.6) is 0 Å². The van der Waals surface area contributed by atoms with E-state index in [1.165, 1.54) is 49.5 Å². The van der Waals surface area contributed by atoms with E-state index in [0.29, 0.717) is 5.41 Å². The van der Waals surface area contributed by atoms with E-state index in [1.54, 1.807) is 0 Å². The van der Waals surface area contributed by atoms with Gasteiger partial charge in [-0.1, -0.05) is 0 Å². The van der Waals surface area contributed by atoms with E-state index in [0.717, 1.165) is 24.3 Å². The molecule has 4 aliphatic rings. The predicted molar refractivity (Wildman–Crippen MR) is 78.0 cm³/mol. The van der Waals surface area contributed by atoms with Crippen molar-refractivity contribution in [2.45, 2.75) is 45.1 Å². The fourth-order valence-electron chi connectivity index (χ4n) is 5.38. The monoisotopic (exact) mass is 289 g/mol. The summed E-state index contributed by atoms with van der Waals surface area (Å²) in [6, 6.07) is 0. The molecule has 4 aliphatic carbocycles.